The van der Waals surface area contributed by atoms with Gasteiger partial charge in [0.15, 0.2) is 0 Å². The van der Waals surface area contributed by atoms with E-state index in [-0.39, 0.29) is 10.8 Å². The minimum absolute atomic E-state index is 0.220. The van der Waals surface area contributed by atoms with Crippen LogP contribution in [0, 0.1) is 41.5 Å². The van der Waals surface area contributed by atoms with Gasteiger partial charge in [-0.15, -0.1) is 68.1 Å². The molecule has 0 saturated carbocycles. The van der Waals surface area contributed by atoms with Crippen LogP contribution in [-0.4, -0.2) is 9.52 Å². The first-order valence-corrected chi connectivity index (χ1v) is 21.7. The van der Waals surface area contributed by atoms with Crippen LogP contribution in [-0.2, 0) is 31.7 Å². The Morgan fingerprint density at radius 3 is 1.11 bits per heavy atom. The second-order valence-corrected chi connectivity index (χ2v) is 17.1. The van der Waals surface area contributed by atoms with Gasteiger partial charge in [0.2, 0.25) is 0 Å². The van der Waals surface area contributed by atoms with Gasteiger partial charge in [0.05, 0.1) is 0 Å². The number of halogens is 2. The zero-order valence-corrected chi connectivity index (χ0v) is 31.2. The quantitative estimate of drug-likeness (QED) is 0.132. The summed E-state index contributed by atoms with van der Waals surface area (Å²) in [6.07, 6.45) is 0. The molecule has 0 fully saturated rings. The first-order valence-electron chi connectivity index (χ1n) is 13.4. The fourth-order valence-corrected chi connectivity index (χ4v) is 4.92. The normalized spacial score (nSPS) is 11.2. The van der Waals surface area contributed by atoms with Gasteiger partial charge in [0, 0.05) is 9.52 Å². The molecule has 0 aliphatic rings. The van der Waals surface area contributed by atoms with Crippen molar-refractivity contribution in [2.45, 2.75) is 107 Å². The van der Waals surface area contributed by atoms with E-state index in [4.69, 9.17) is 17.0 Å². The second kappa shape index (κ2) is 14.8. The van der Waals surface area contributed by atoms with Crippen molar-refractivity contribution in [3.05, 3.63) is 80.9 Å². The summed E-state index contributed by atoms with van der Waals surface area (Å²) < 4.78 is 0. The molecule has 4 aromatic rings. The number of hydrogen-bond acceptors (Lipinski definition) is 0. The van der Waals surface area contributed by atoms with Gasteiger partial charge < -0.3 is 0 Å². The number of rotatable bonds is 0. The Labute approximate surface area is 255 Å². The molecule has 0 bridgehead atoms. The third kappa shape index (κ3) is 8.67. The number of fused-ring (bicyclic) bond motifs is 2. The molecule has 4 aromatic carbocycles. The van der Waals surface area contributed by atoms with Crippen LogP contribution in [0.3, 0.4) is 0 Å². The fourth-order valence-electron chi connectivity index (χ4n) is 4.92. The van der Waals surface area contributed by atoms with Crippen molar-refractivity contribution in [2.24, 2.45) is 0 Å². The third-order valence-corrected chi connectivity index (χ3v) is 7.20. The van der Waals surface area contributed by atoms with Crippen molar-refractivity contribution in [3.63, 3.8) is 0 Å². The van der Waals surface area contributed by atoms with Crippen molar-refractivity contribution in [1.82, 2.24) is 0 Å². The van der Waals surface area contributed by atoms with E-state index in [1.54, 1.807) is 0 Å². The summed E-state index contributed by atoms with van der Waals surface area (Å²) in [6, 6.07) is 13.8. The first kappa shape index (κ1) is 35.4. The van der Waals surface area contributed by atoms with Crippen molar-refractivity contribution >= 4 is 48.1 Å². The summed E-state index contributed by atoms with van der Waals surface area (Å²) in [5, 5.41) is 5.82. The van der Waals surface area contributed by atoms with Gasteiger partial charge >= 0.3 is 37.9 Å². The van der Waals surface area contributed by atoms with Crippen molar-refractivity contribution < 1.29 is 20.8 Å². The molecule has 0 nitrogen and oxygen atoms in total. The van der Waals surface area contributed by atoms with Crippen LogP contribution in [0.5, 0.6) is 0 Å². The van der Waals surface area contributed by atoms with Crippen LogP contribution < -0.4 is 0 Å². The monoisotopic (exact) mass is 644 g/mol. The Morgan fingerprint density at radius 2 is 0.868 bits per heavy atom. The SMILES string of the molecule is C[Si]C.Cc1[cH-]c2c(C)ccc(C(C)(C)C)c2c1C.Cc1[cH-]c2c(C)ccc(C(C)(C)C)c2c1C.[Cl][Zr+2][Cl]. The molecule has 4 heteroatoms. The molecule has 4 rings (SSSR count). The number of benzene rings is 2. The predicted molar refractivity (Wildman–Crippen MR) is 174 cm³/mol. The zero-order chi connectivity index (χ0) is 29.6. The molecule has 0 saturated heterocycles. The topological polar surface area (TPSA) is 0 Å². The van der Waals surface area contributed by atoms with Gasteiger partial charge in [-0.2, -0.15) is 11.1 Å². The van der Waals surface area contributed by atoms with Crippen LogP contribution >= 0.6 is 17.0 Å². The Morgan fingerprint density at radius 1 is 0.605 bits per heavy atom. The Balaban J connectivity index is 0.000000315. The summed E-state index contributed by atoms with van der Waals surface area (Å²) in [5.41, 5.74) is 11.9. The molecule has 206 valence electrons. The van der Waals surface area contributed by atoms with E-state index < -0.39 is 20.8 Å². The van der Waals surface area contributed by atoms with E-state index in [0.717, 1.165) is 9.52 Å². The molecule has 0 N–H and O–H groups in total. The van der Waals surface area contributed by atoms with Crippen molar-refractivity contribution in [2.75, 3.05) is 0 Å². The minimum atomic E-state index is -0.826. The van der Waals surface area contributed by atoms with E-state index >= 15 is 0 Å². The van der Waals surface area contributed by atoms with Crippen LogP contribution in [0.4, 0.5) is 0 Å². The first-order chi connectivity index (χ1) is 17.5. The van der Waals surface area contributed by atoms with Gasteiger partial charge in [-0.1, -0.05) is 119 Å². The van der Waals surface area contributed by atoms with Crippen LogP contribution in [0.2, 0.25) is 13.1 Å². The molecule has 38 heavy (non-hydrogen) atoms. The van der Waals surface area contributed by atoms with Gasteiger partial charge in [-0.25, -0.2) is 0 Å². The average Bonchev–Trinajstić information content (AvgIpc) is 3.26. The van der Waals surface area contributed by atoms with Crippen molar-refractivity contribution in [1.29, 1.82) is 0 Å². The van der Waals surface area contributed by atoms with Gasteiger partial charge in [0.25, 0.3) is 0 Å². The van der Waals surface area contributed by atoms with Crippen LogP contribution in [0.15, 0.2) is 36.4 Å². The van der Waals surface area contributed by atoms with E-state index in [9.17, 15) is 0 Å². The molecule has 0 atom stereocenters. The van der Waals surface area contributed by atoms with Gasteiger partial charge in [-0.05, 0) is 10.8 Å². The van der Waals surface area contributed by atoms with Gasteiger partial charge in [0.1, 0.15) is 0 Å². The summed E-state index contributed by atoms with van der Waals surface area (Å²) >= 11 is -0.826. The van der Waals surface area contributed by atoms with E-state index in [1.807, 2.05) is 0 Å². The predicted octanol–water partition coefficient (Wildman–Crippen LogP) is 11.7. The molecule has 0 amide bonds. The number of hydrogen-bond donors (Lipinski definition) is 0. The summed E-state index contributed by atoms with van der Waals surface area (Å²) in [7, 11) is 11.0. The van der Waals surface area contributed by atoms with Gasteiger partial charge in [-0.3, -0.25) is 0 Å². The Hall–Kier alpha value is -0.660. The Bertz CT molecular complexity index is 1220. The molecule has 0 heterocycles. The van der Waals surface area contributed by atoms with Crippen molar-refractivity contribution in [3.8, 4) is 0 Å². The van der Waals surface area contributed by atoms with E-state index in [0.29, 0.717) is 0 Å². The Kier molecular flexibility index (Phi) is 13.8. The maximum atomic E-state index is 4.93. The molecule has 0 unspecified atom stereocenters. The van der Waals surface area contributed by atoms with E-state index in [1.165, 1.54) is 66.1 Å². The average molecular weight is 647 g/mol. The van der Waals surface area contributed by atoms with E-state index in [2.05, 4.69) is 133 Å². The second-order valence-electron chi connectivity index (χ2n) is 12.4. The molecule has 2 radical (unpaired) electrons. The maximum absolute atomic E-state index is 4.93. The fraction of sp³-hybridized carbons (Fsp3) is 0.471. The molecule has 0 spiro atoms. The molecular formula is C34H48Cl2SiZr. The zero-order valence-electron chi connectivity index (χ0n) is 26.2. The molecule has 0 aliphatic carbocycles. The molecule has 0 aromatic heterocycles. The molecule has 0 aliphatic heterocycles. The molecular weight excluding hydrogens is 599 g/mol. The third-order valence-electron chi connectivity index (χ3n) is 7.20. The summed E-state index contributed by atoms with van der Waals surface area (Å²) in [4.78, 5) is 0. The standard InChI is InChI=1S/2C16H21.C2H6Si.2ClH.Zr/c2*1-10-7-8-14(16(4,5)6)15-12(3)11(2)9-13(10)15;1-3-2;;;/h2*7-9H,1-6H3;1-2H3;2*1H;/q2*-1;;;;+4/p-2. The van der Waals surface area contributed by atoms with Crippen LogP contribution in [0.1, 0.15) is 86.1 Å². The number of aryl methyl sites for hydroxylation is 6. The van der Waals surface area contributed by atoms with Crippen LogP contribution in [0.25, 0.3) is 21.5 Å². The summed E-state index contributed by atoms with van der Waals surface area (Å²) in [6.45, 7) is 31.4. The summed E-state index contributed by atoms with van der Waals surface area (Å²) in [5.74, 6) is 0.